The van der Waals surface area contributed by atoms with Crippen LogP contribution in [0.15, 0.2) is 0 Å². The van der Waals surface area contributed by atoms with E-state index in [-0.39, 0.29) is 0 Å². The van der Waals surface area contributed by atoms with Gasteiger partial charge >= 0.3 is 0 Å². The first kappa shape index (κ1) is 14.0. The molecule has 1 aliphatic carbocycles. The van der Waals surface area contributed by atoms with Gasteiger partial charge in [0, 0.05) is 18.6 Å². The molecule has 1 N–H and O–H groups in total. The molecule has 1 saturated carbocycles. The van der Waals surface area contributed by atoms with Gasteiger partial charge in [0.15, 0.2) is 0 Å². The molecule has 0 aromatic carbocycles. The molecule has 0 amide bonds. The fourth-order valence-electron chi connectivity index (χ4n) is 3.03. The Bertz CT molecular complexity index is 174. The molecule has 0 saturated heterocycles. The molecule has 0 aromatic heterocycles. The Hall–Kier alpha value is -0.0800. The average molecular weight is 226 g/mol. The van der Waals surface area contributed by atoms with Gasteiger partial charge in [0.1, 0.15) is 0 Å². The molecule has 0 aromatic rings. The van der Waals surface area contributed by atoms with E-state index in [0.29, 0.717) is 0 Å². The molecule has 2 nitrogen and oxygen atoms in total. The van der Waals surface area contributed by atoms with Crippen LogP contribution in [0.4, 0.5) is 0 Å². The van der Waals surface area contributed by atoms with Gasteiger partial charge in [-0.25, -0.2) is 0 Å². The molecule has 16 heavy (non-hydrogen) atoms. The van der Waals surface area contributed by atoms with Gasteiger partial charge in [-0.05, 0) is 52.1 Å². The molecule has 0 aliphatic heterocycles. The van der Waals surface area contributed by atoms with Gasteiger partial charge in [0.05, 0.1) is 0 Å². The van der Waals surface area contributed by atoms with Crippen LogP contribution in [-0.2, 0) is 0 Å². The van der Waals surface area contributed by atoms with Crippen molar-refractivity contribution in [3.8, 4) is 0 Å². The normalized spacial score (nSPS) is 28.3. The van der Waals surface area contributed by atoms with Gasteiger partial charge in [-0.1, -0.05) is 20.3 Å². The monoisotopic (exact) mass is 226 g/mol. The molecule has 0 radical (unpaired) electrons. The molecule has 0 spiro atoms. The summed E-state index contributed by atoms with van der Waals surface area (Å²) in [5.74, 6) is 0.858. The topological polar surface area (TPSA) is 15.3 Å². The van der Waals surface area contributed by atoms with Crippen LogP contribution in [0.3, 0.4) is 0 Å². The SMILES string of the molecule is CCCC(C)CN(C)C1CCC(NC)CC1. The summed E-state index contributed by atoms with van der Waals surface area (Å²) in [6, 6.07) is 1.61. The minimum atomic E-state index is 0.776. The highest BCUT2D eigenvalue weighted by atomic mass is 15.1. The third-order valence-corrected chi connectivity index (χ3v) is 4.11. The van der Waals surface area contributed by atoms with Crippen molar-refractivity contribution in [2.75, 3.05) is 20.6 Å². The van der Waals surface area contributed by atoms with Crippen LogP contribution >= 0.6 is 0 Å². The minimum absolute atomic E-state index is 0.776. The van der Waals surface area contributed by atoms with E-state index in [2.05, 4.69) is 38.2 Å². The predicted octanol–water partition coefficient (Wildman–Crippen LogP) is 2.89. The molecule has 1 rings (SSSR count). The zero-order valence-electron chi connectivity index (χ0n) is 11.6. The maximum absolute atomic E-state index is 3.41. The van der Waals surface area contributed by atoms with Crippen molar-refractivity contribution >= 4 is 0 Å². The maximum atomic E-state index is 3.41. The van der Waals surface area contributed by atoms with Crippen molar-refractivity contribution in [1.29, 1.82) is 0 Å². The van der Waals surface area contributed by atoms with Gasteiger partial charge in [-0.15, -0.1) is 0 Å². The van der Waals surface area contributed by atoms with Crippen molar-refractivity contribution in [3.63, 3.8) is 0 Å². The van der Waals surface area contributed by atoms with Crippen LogP contribution < -0.4 is 5.32 Å². The Balaban J connectivity index is 2.24. The molecular formula is C14H30N2. The van der Waals surface area contributed by atoms with Crippen molar-refractivity contribution in [2.24, 2.45) is 5.92 Å². The van der Waals surface area contributed by atoms with Gasteiger partial charge in [-0.2, -0.15) is 0 Å². The third-order valence-electron chi connectivity index (χ3n) is 4.11. The molecule has 0 bridgehead atoms. The second-order valence-electron chi connectivity index (χ2n) is 5.63. The maximum Gasteiger partial charge on any atom is 0.00934 e. The van der Waals surface area contributed by atoms with Gasteiger partial charge in [-0.3, -0.25) is 0 Å². The van der Waals surface area contributed by atoms with E-state index < -0.39 is 0 Å². The lowest BCUT2D eigenvalue weighted by atomic mass is 9.90. The number of nitrogens with one attached hydrogen (secondary N) is 1. The molecule has 1 atom stereocenters. The second kappa shape index (κ2) is 7.29. The summed E-state index contributed by atoms with van der Waals surface area (Å²) in [7, 11) is 4.41. The highest BCUT2D eigenvalue weighted by Crippen LogP contribution is 2.23. The lowest BCUT2D eigenvalue weighted by Gasteiger charge is -2.35. The lowest BCUT2D eigenvalue weighted by molar-refractivity contribution is 0.155. The van der Waals surface area contributed by atoms with Crippen LogP contribution in [0, 0.1) is 5.92 Å². The average Bonchev–Trinajstić information content (AvgIpc) is 2.29. The fourth-order valence-corrected chi connectivity index (χ4v) is 3.03. The zero-order chi connectivity index (χ0) is 12.0. The van der Waals surface area contributed by atoms with E-state index in [1.807, 2.05) is 0 Å². The van der Waals surface area contributed by atoms with Crippen LogP contribution in [0.5, 0.6) is 0 Å². The van der Waals surface area contributed by atoms with E-state index in [1.165, 1.54) is 45.1 Å². The molecule has 96 valence electrons. The molecule has 1 unspecified atom stereocenters. The summed E-state index contributed by atoms with van der Waals surface area (Å²) < 4.78 is 0. The predicted molar refractivity (Wildman–Crippen MR) is 71.8 cm³/mol. The summed E-state index contributed by atoms with van der Waals surface area (Å²) >= 11 is 0. The Labute approximate surface area is 102 Å². The van der Waals surface area contributed by atoms with Crippen molar-refractivity contribution in [1.82, 2.24) is 10.2 Å². The fraction of sp³-hybridized carbons (Fsp3) is 1.00. The summed E-state index contributed by atoms with van der Waals surface area (Å²) in [6.07, 6.45) is 8.15. The molecule has 2 heteroatoms. The quantitative estimate of drug-likeness (QED) is 0.749. The van der Waals surface area contributed by atoms with E-state index in [1.54, 1.807) is 0 Å². The summed E-state index contributed by atoms with van der Waals surface area (Å²) in [6.45, 7) is 5.95. The zero-order valence-corrected chi connectivity index (χ0v) is 11.6. The Morgan fingerprint density at radius 2 is 1.88 bits per heavy atom. The molecule has 1 aliphatic rings. The summed E-state index contributed by atoms with van der Waals surface area (Å²) in [5, 5.41) is 3.41. The van der Waals surface area contributed by atoms with Gasteiger partial charge < -0.3 is 10.2 Å². The number of nitrogens with zero attached hydrogens (tertiary/aromatic N) is 1. The van der Waals surface area contributed by atoms with Crippen molar-refractivity contribution in [2.45, 2.75) is 64.5 Å². The minimum Gasteiger partial charge on any atom is -0.317 e. The number of hydrogen-bond acceptors (Lipinski definition) is 2. The summed E-state index contributed by atoms with van der Waals surface area (Å²) in [4.78, 5) is 2.60. The molecular weight excluding hydrogens is 196 g/mol. The van der Waals surface area contributed by atoms with E-state index >= 15 is 0 Å². The number of hydrogen-bond donors (Lipinski definition) is 1. The highest BCUT2D eigenvalue weighted by Gasteiger charge is 2.23. The standard InChI is InChI=1S/C14H30N2/c1-5-6-12(2)11-16(4)14-9-7-13(15-3)8-10-14/h12-15H,5-11H2,1-4H3. The van der Waals surface area contributed by atoms with Gasteiger partial charge in [0.25, 0.3) is 0 Å². The first-order valence-electron chi connectivity index (χ1n) is 7.04. The van der Waals surface area contributed by atoms with Crippen LogP contribution in [0.2, 0.25) is 0 Å². The number of rotatable bonds is 6. The largest absolute Gasteiger partial charge is 0.317 e. The molecule has 1 fully saturated rings. The lowest BCUT2D eigenvalue weighted by Crippen LogP contribution is -2.41. The molecule has 0 heterocycles. The Kier molecular flexibility index (Phi) is 6.37. The van der Waals surface area contributed by atoms with E-state index in [9.17, 15) is 0 Å². The van der Waals surface area contributed by atoms with E-state index in [4.69, 9.17) is 0 Å². The summed E-state index contributed by atoms with van der Waals surface area (Å²) in [5.41, 5.74) is 0. The first-order valence-corrected chi connectivity index (χ1v) is 7.04. The highest BCUT2D eigenvalue weighted by molar-refractivity contribution is 4.81. The first-order chi connectivity index (χ1) is 7.67. The van der Waals surface area contributed by atoms with Gasteiger partial charge in [0.2, 0.25) is 0 Å². The van der Waals surface area contributed by atoms with Crippen molar-refractivity contribution in [3.05, 3.63) is 0 Å². The Morgan fingerprint density at radius 1 is 1.25 bits per heavy atom. The van der Waals surface area contributed by atoms with Crippen LogP contribution in [-0.4, -0.2) is 37.6 Å². The Morgan fingerprint density at radius 3 is 2.38 bits per heavy atom. The third kappa shape index (κ3) is 4.42. The second-order valence-corrected chi connectivity index (χ2v) is 5.63. The van der Waals surface area contributed by atoms with E-state index in [0.717, 1.165) is 18.0 Å². The van der Waals surface area contributed by atoms with Crippen molar-refractivity contribution < 1.29 is 0 Å². The van der Waals surface area contributed by atoms with Crippen LogP contribution in [0.25, 0.3) is 0 Å². The smallest absolute Gasteiger partial charge is 0.00934 e. The van der Waals surface area contributed by atoms with Crippen LogP contribution in [0.1, 0.15) is 52.4 Å².